The number of carbonyl (C=O) groups is 2. The summed E-state index contributed by atoms with van der Waals surface area (Å²) in [5.74, 6) is -2.22. The molecule has 136 valence electrons. The maximum absolute atomic E-state index is 13.0. The van der Waals surface area contributed by atoms with Gasteiger partial charge in [0.1, 0.15) is 17.1 Å². The van der Waals surface area contributed by atoms with Crippen LogP contribution in [0.25, 0.3) is 0 Å². The van der Waals surface area contributed by atoms with Gasteiger partial charge in [0.25, 0.3) is 11.6 Å². The quantitative estimate of drug-likeness (QED) is 0.467. The third kappa shape index (κ3) is 4.67. The van der Waals surface area contributed by atoms with Gasteiger partial charge in [-0.2, -0.15) is 0 Å². The van der Waals surface area contributed by atoms with Gasteiger partial charge in [-0.05, 0) is 24.3 Å². The van der Waals surface area contributed by atoms with E-state index in [-0.39, 0.29) is 27.7 Å². The Hall–Kier alpha value is -3.20. The van der Waals surface area contributed by atoms with Crippen molar-refractivity contribution in [1.82, 2.24) is 0 Å². The Morgan fingerprint density at radius 1 is 1.27 bits per heavy atom. The standard InChI is InChI=1S/C16H12ClFN2O6/c1-25-14-5-3-10(20(23)24)7-11(14)16(22)26-8-15(21)19-13-4-2-9(18)6-12(13)17/h2-7H,8H2,1H3,(H,19,21). The predicted molar refractivity (Wildman–Crippen MR) is 90.0 cm³/mol. The molecule has 0 spiro atoms. The van der Waals surface area contributed by atoms with Gasteiger partial charge in [-0.1, -0.05) is 11.6 Å². The highest BCUT2D eigenvalue weighted by molar-refractivity contribution is 6.33. The summed E-state index contributed by atoms with van der Waals surface area (Å²) in [5, 5.41) is 13.1. The van der Waals surface area contributed by atoms with E-state index in [0.29, 0.717) is 0 Å². The average molecular weight is 383 g/mol. The third-order valence-electron chi connectivity index (χ3n) is 3.15. The van der Waals surface area contributed by atoms with Gasteiger partial charge in [0.15, 0.2) is 6.61 Å². The lowest BCUT2D eigenvalue weighted by Gasteiger charge is -2.10. The summed E-state index contributed by atoms with van der Waals surface area (Å²) in [4.78, 5) is 34.1. The first-order valence-corrected chi connectivity index (χ1v) is 7.44. The Morgan fingerprint density at radius 3 is 2.62 bits per heavy atom. The number of nitrogens with zero attached hydrogens (tertiary/aromatic N) is 1. The van der Waals surface area contributed by atoms with E-state index in [1.54, 1.807) is 0 Å². The SMILES string of the molecule is COc1ccc([N+](=O)[O-])cc1C(=O)OCC(=O)Nc1ccc(F)cc1Cl. The molecule has 2 rings (SSSR count). The number of benzene rings is 2. The van der Waals surface area contributed by atoms with E-state index in [9.17, 15) is 24.1 Å². The molecule has 0 radical (unpaired) electrons. The lowest BCUT2D eigenvalue weighted by molar-refractivity contribution is -0.384. The Balaban J connectivity index is 2.05. The molecule has 0 saturated heterocycles. The molecule has 0 fully saturated rings. The molecule has 0 atom stereocenters. The number of carbonyl (C=O) groups excluding carboxylic acids is 2. The summed E-state index contributed by atoms with van der Waals surface area (Å²) >= 11 is 5.78. The first kappa shape index (κ1) is 19.1. The van der Waals surface area contributed by atoms with Crippen LogP contribution < -0.4 is 10.1 Å². The molecule has 2 aromatic rings. The van der Waals surface area contributed by atoms with Crippen molar-refractivity contribution in [3.63, 3.8) is 0 Å². The lowest BCUT2D eigenvalue weighted by atomic mass is 10.2. The molecule has 10 heteroatoms. The molecule has 0 heterocycles. The van der Waals surface area contributed by atoms with Crippen molar-refractivity contribution in [2.75, 3.05) is 19.0 Å². The molecule has 0 aliphatic carbocycles. The van der Waals surface area contributed by atoms with Crippen LogP contribution in [0.5, 0.6) is 5.75 Å². The van der Waals surface area contributed by atoms with Crippen LogP contribution in [0.4, 0.5) is 15.8 Å². The van der Waals surface area contributed by atoms with Gasteiger partial charge in [-0.25, -0.2) is 9.18 Å². The van der Waals surface area contributed by atoms with E-state index in [4.69, 9.17) is 21.1 Å². The van der Waals surface area contributed by atoms with E-state index in [2.05, 4.69) is 5.32 Å². The minimum absolute atomic E-state index is 0.0231. The van der Waals surface area contributed by atoms with Crippen molar-refractivity contribution < 1.29 is 28.4 Å². The Bertz CT molecular complexity index is 874. The fraction of sp³-hybridized carbons (Fsp3) is 0.125. The molecule has 1 N–H and O–H groups in total. The Morgan fingerprint density at radius 2 is 2.00 bits per heavy atom. The van der Waals surface area contributed by atoms with Crippen LogP contribution in [0.3, 0.4) is 0 Å². The number of esters is 1. The molecule has 0 aliphatic rings. The van der Waals surface area contributed by atoms with E-state index in [1.165, 1.54) is 25.3 Å². The predicted octanol–water partition coefficient (Wildman–Crippen LogP) is 3.19. The first-order chi connectivity index (χ1) is 12.3. The van der Waals surface area contributed by atoms with Gasteiger partial charge in [-0.3, -0.25) is 14.9 Å². The number of anilines is 1. The second-order valence-electron chi connectivity index (χ2n) is 4.89. The van der Waals surface area contributed by atoms with Crippen LogP contribution >= 0.6 is 11.6 Å². The van der Waals surface area contributed by atoms with Crippen molar-refractivity contribution in [3.8, 4) is 5.75 Å². The molecule has 26 heavy (non-hydrogen) atoms. The fourth-order valence-electron chi connectivity index (χ4n) is 1.96. The summed E-state index contributed by atoms with van der Waals surface area (Å²) < 4.78 is 22.7. The number of non-ortho nitro benzene ring substituents is 1. The van der Waals surface area contributed by atoms with Crippen LogP contribution in [0, 0.1) is 15.9 Å². The number of halogens is 2. The van der Waals surface area contributed by atoms with E-state index in [1.807, 2.05) is 0 Å². The lowest BCUT2D eigenvalue weighted by Crippen LogP contribution is -2.21. The largest absolute Gasteiger partial charge is 0.496 e. The fourth-order valence-corrected chi connectivity index (χ4v) is 2.17. The number of ether oxygens (including phenoxy) is 2. The summed E-state index contributed by atoms with van der Waals surface area (Å²) in [6, 6.07) is 6.75. The van der Waals surface area contributed by atoms with Crippen LogP contribution in [0.2, 0.25) is 5.02 Å². The molecule has 1 amide bonds. The van der Waals surface area contributed by atoms with E-state index in [0.717, 1.165) is 18.2 Å². The van der Waals surface area contributed by atoms with Gasteiger partial charge in [0.05, 0.1) is 22.7 Å². The zero-order valence-electron chi connectivity index (χ0n) is 13.3. The van der Waals surface area contributed by atoms with Crippen molar-refractivity contribution in [2.45, 2.75) is 0 Å². The summed E-state index contributed by atoms with van der Waals surface area (Å²) in [7, 11) is 1.28. The highest BCUT2D eigenvalue weighted by atomic mass is 35.5. The molecule has 0 aliphatic heterocycles. The zero-order chi connectivity index (χ0) is 19.3. The molecular formula is C16H12ClFN2O6. The number of rotatable bonds is 6. The van der Waals surface area contributed by atoms with Crippen LogP contribution in [0.1, 0.15) is 10.4 Å². The van der Waals surface area contributed by atoms with E-state index >= 15 is 0 Å². The maximum Gasteiger partial charge on any atom is 0.342 e. The monoisotopic (exact) mass is 382 g/mol. The van der Waals surface area contributed by atoms with Gasteiger partial charge < -0.3 is 14.8 Å². The number of nitro groups is 1. The Kier molecular flexibility index (Phi) is 6.07. The van der Waals surface area contributed by atoms with Crippen LogP contribution in [-0.4, -0.2) is 30.5 Å². The zero-order valence-corrected chi connectivity index (χ0v) is 14.1. The highest BCUT2D eigenvalue weighted by Gasteiger charge is 2.20. The molecule has 0 unspecified atom stereocenters. The van der Waals surface area contributed by atoms with Crippen molar-refractivity contribution in [2.24, 2.45) is 0 Å². The van der Waals surface area contributed by atoms with Crippen molar-refractivity contribution in [1.29, 1.82) is 0 Å². The van der Waals surface area contributed by atoms with Crippen LogP contribution in [0.15, 0.2) is 36.4 Å². The number of hydrogen-bond donors (Lipinski definition) is 1. The molecular weight excluding hydrogens is 371 g/mol. The molecule has 8 nitrogen and oxygen atoms in total. The summed E-state index contributed by atoms with van der Waals surface area (Å²) in [5.41, 5.74) is -0.392. The smallest absolute Gasteiger partial charge is 0.342 e. The first-order valence-electron chi connectivity index (χ1n) is 7.06. The Labute approximate surface area is 151 Å². The summed E-state index contributed by atoms with van der Waals surface area (Å²) in [6.07, 6.45) is 0. The summed E-state index contributed by atoms with van der Waals surface area (Å²) in [6.45, 7) is -0.682. The maximum atomic E-state index is 13.0. The van der Waals surface area contributed by atoms with Gasteiger partial charge in [0.2, 0.25) is 0 Å². The number of hydrogen-bond acceptors (Lipinski definition) is 6. The van der Waals surface area contributed by atoms with Crippen molar-refractivity contribution >= 4 is 34.9 Å². The minimum atomic E-state index is -0.981. The number of amides is 1. The second-order valence-corrected chi connectivity index (χ2v) is 5.30. The van der Waals surface area contributed by atoms with Gasteiger partial charge in [0, 0.05) is 12.1 Å². The topological polar surface area (TPSA) is 108 Å². The highest BCUT2D eigenvalue weighted by Crippen LogP contribution is 2.25. The van der Waals surface area contributed by atoms with Crippen molar-refractivity contribution in [3.05, 3.63) is 62.9 Å². The normalized spacial score (nSPS) is 10.1. The number of nitro benzene ring substituents is 1. The van der Waals surface area contributed by atoms with Crippen LogP contribution in [-0.2, 0) is 9.53 Å². The van der Waals surface area contributed by atoms with E-state index < -0.39 is 29.2 Å². The second kappa shape index (κ2) is 8.26. The average Bonchev–Trinajstić information content (AvgIpc) is 2.61. The minimum Gasteiger partial charge on any atom is -0.496 e. The third-order valence-corrected chi connectivity index (χ3v) is 3.47. The van der Waals surface area contributed by atoms with Gasteiger partial charge >= 0.3 is 5.97 Å². The molecule has 2 aromatic carbocycles. The molecule has 0 bridgehead atoms. The van der Waals surface area contributed by atoms with Gasteiger partial charge in [-0.15, -0.1) is 0 Å². The molecule has 0 saturated carbocycles. The molecule has 0 aromatic heterocycles. The number of nitrogens with one attached hydrogen (secondary N) is 1. The number of methoxy groups -OCH3 is 1.